The first kappa shape index (κ1) is 29.0. The fourth-order valence-electron chi connectivity index (χ4n) is 6.12. The summed E-state index contributed by atoms with van der Waals surface area (Å²) in [4.78, 5) is 0. The van der Waals surface area contributed by atoms with Crippen molar-refractivity contribution in [3.63, 3.8) is 0 Å². The van der Waals surface area contributed by atoms with E-state index in [-0.39, 0.29) is 15.2 Å². The zero-order valence-electron chi connectivity index (χ0n) is 23.5. The van der Waals surface area contributed by atoms with Gasteiger partial charge in [-0.15, -0.1) is 23.5 Å². The van der Waals surface area contributed by atoms with Crippen LogP contribution in [0.3, 0.4) is 0 Å². The van der Waals surface area contributed by atoms with Gasteiger partial charge in [0.1, 0.15) is 0 Å². The van der Waals surface area contributed by atoms with Crippen molar-refractivity contribution in [1.82, 2.24) is 0 Å². The molecular weight excluding hydrogens is 509 g/mol. The van der Waals surface area contributed by atoms with Crippen LogP contribution in [0.4, 0.5) is 0 Å². The number of benzene rings is 2. The maximum absolute atomic E-state index is 7.20. The van der Waals surface area contributed by atoms with E-state index in [0.717, 1.165) is 19.4 Å². The van der Waals surface area contributed by atoms with E-state index in [2.05, 4.69) is 131 Å². The van der Waals surface area contributed by atoms with E-state index >= 15 is 0 Å². The second-order valence-corrected chi connectivity index (χ2v) is 19.1. The van der Waals surface area contributed by atoms with E-state index < -0.39 is 8.32 Å². The molecule has 0 radical (unpaired) electrons. The van der Waals surface area contributed by atoms with Crippen LogP contribution in [0.1, 0.15) is 66.7 Å². The number of hydrogen-bond acceptors (Lipinski definition) is 4. The van der Waals surface area contributed by atoms with Crippen molar-refractivity contribution in [1.29, 1.82) is 0 Å². The van der Waals surface area contributed by atoms with Gasteiger partial charge >= 0.3 is 0 Å². The molecule has 5 heteroatoms. The van der Waals surface area contributed by atoms with Crippen LogP contribution >= 0.6 is 23.5 Å². The Morgan fingerprint density at radius 2 is 1.57 bits per heavy atom. The highest BCUT2D eigenvalue weighted by atomic mass is 32.2. The van der Waals surface area contributed by atoms with E-state index in [1.807, 2.05) is 0 Å². The molecule has 2 aliphatic rings. The molecule has 2 aliphatic heterocycles. The number of allylic oxidation sites excluding steroid dienone is 1. The average Bonchev–Trinajstić information content (AvgIpc) is 2.89. The molecule has 0 bridgehead atoms. The first-order chi connectivity index (χ1) is 17.8. The molecule has 2 saturated heterocycles. The zero-order chi connectivity index (χ0) is 26.4. The fourth-order valence-corrected chi connectivity index (χ4v) is 14.1. The smallest absolute Gasteiger partial charge is 0.261 e. The number of thioether (sulfide) groups is 2. The summed E-state index contributed by atoms with van der Waals surface area (Å²) < 4.78 is 14.2. The van der Waals surface area contributed by atoms with Crippen molar-refractivity contribution in [2.45, 2.75) is 88.0 Å². The van der Waals surface area contributed by atoms with Crippen LogP contribution in [0.25, 0.3) is 0 Å². The summed E-state index contributed by atoms with van der Waals surface area (Å²) >= 11 is 4.25. The van der Waals surface area contributed by atoms with Crippen molar-refractivity contribution in [3.05, 3.63) is 72.8 Å². The van der Waals surface area contributed by atoms with Crippen LogP contribution in [-0.2, 0) is 9.16 Å². The summed E-state index contributed by atoms with van der Waals surface area (Å²) in [7, 11) is -2.50. The van der Waals surface area contributed by atoms with Gasteiger partial charge < -0.3 is 9.16 Å². The third-order valence-corrected chi connectivity index (χ3v) is 16.3. The topological polar surface area (TPSA) is 18.5 Å². The lowest BCUT2D eigenvalue weighted by molar-refractivity contribution is -0.0882. The summed E-state index contributed by atoms with van der Waals surface area (Å²) in [6.07, 6.45) is 11.1. The highest BCUT2D eigenvalue weighted by Gasteiger charge is 2.50. The Kier molecular flexibility index (Phi) is 10.1. The van der Waals surface area contributed by atoms with Gasteiger partial charge in [-0.25, -0.2) is 0 Å². The molecule has 0 spiro atoms. The molecular formula is C32H46O2S2Si. The summed E-state index contributed by atoms with van der Waals surface area (Å²) in [5.41, 5.74) is 0. The standard InChI is InChI=1S/C32H46O2S2Si/c1-6-21-32(35-23-13-24-36-32)25-27-19-18-26(2)30(34-27)20-22-33-37(31(3,4)5,28-14-9-7-10-15-28)29-16-11-8-12-17-29/h6-12,14-17,21,26-27,30H,13,18-20,22-25H2,1-5H3/b21-6+/t26-,27-,30+/m0/s1. The number of ether oxygens (including phenoxy) is 1. The molecule has 2 heterocycles. The van der Waals surface area contributed by atoms with Crippen molar-refractivity contribution in [2.24, 2.45) is 5.92 Å². The van der Waals surface area contributed by atoms with Gasteiger partial charge in [0.2, 0.25) is 0 Å². The lowest BCUT2D eigenvalue weighted by atomic mass is 9.90. The molecule has 2 aromatic rings. The largest absolute Gasteiger partial charge is 0.407 e. The summed E-state index contributed by atoms with van der Waals surface area (Å²) in [6, 6.07) is 22.0. The molecule has 0 aromatic heterocycles. The van der Waals surface area contributed by atoms with Gasteiger partial charge in [0.05, 0.1) is 16.3 Å². The third-order valence-electron chi connectivity index (χ3n) is 8.00. The van der Waals surface area contributed by atoms with Crippen molar-refractivity contribution < 1.29 is 9.16 Å². The molecule has 2 fully saturated rings. The lowest BCUT2D eigenvalue weighted by Gasteiger charge is -2.44. The Morgan fingerprint density at radius 3 is 2.11 bits per heavy atom. The minimum absolute atomic E-state index is 0.00553. The molecule has 0 N–H and O–H groups in total. The minimum Gasteiger partial charge on any atom is -0.407 e. The van der Waals surface area contributed by atoms with E-state index in [9.17, 15) is 0 Å². The SMILES string of the molecule is C/C=C/C1(C[C@@H]2CC[C@H](C)[C@@H](CCO[Si](c3ccccc3)(c3ccccc3)C(C)(C)C)O2)SCCCS1. The molecule has 0 amide bonds. The highest BCUT2D eigenvalue weighted by Crippen LogP contribution is 2.48. The molecule has 2 aromatic carbocycles. The van der Waals surface area contributed by atoms with Crippen LogP contribution in [0.15, 0.2) is 72.8 Å². The molecule has 0 unspecified atom stereocenters. The normalized spacial score (nSPS) is 24.8. The Hall–Kier alpha value is -0.983. The Bertz CT molecular complexity index is 943. The molecule has 202 valence electrons. The third kappa shape index (κ3) is 6.78. The van der Waals surface area contributed by atoms with E-state index in [4.69, 9.17) is 9.16 Å². The van der Waals surface area contributed by atoms with Gasteiger partial charge in [0, 0.05) is 13.0 Å². The Balaban J connectivity index is 1.50. The van der Waals surface area contributed by atoms with Gasteiger partial charge in [-0.1, -0.05) is 101 Å². The predicted octanol–water partition coefficient (Wildman–Crippen LogP) is 7.67. The van der Waals surface area contributed by atoms with Gasteiger partial charge in [0.15, 0.2) is 0 Å². The Morgan fingerprint density at radius 1 is 0.973 bits per heavy atom. The Labute approximate surface area is 235 Å². The molecule has 0 aliphatic carbocycles. The molecule has 4 rings (SSSR count). The number of hydrogen-bond donors (Lipinski definition) is 0. The second-order valence-electron chi connectivity index (χ2n) is 11.7. The maximum Gasteiger partial charge on any atom is 0.261 e. The summed E-state index contributed by atoms with van der Waals surface area (Å²) in [6.45, 7) is 12.3. The second kappa shape index (κ2) is 12.9. The fraction of sp³-hybridized carbons (Fsp3) is 0.562. The van der Waals surface area contributed by atoms with E-state index in [0.29, 0.717) is 12.0 Å². The maximum atomic E-state index is 7.20. The first-order valence-corrected chi connectivity index (χ1v) is 18.0. The van der Waals surface area contributed by atoms with Crippen LogP contribution in [0.5, 0.6) is 0 Å². The summed E-state index contributed by atoms with van der Waals surface area (Å²) in [5.74, 6) is 3.09. The van der Waals surface area contributed by atoms with Crippen LogP contribution in [-0.4, -0.2) is 42.7 Å². The van der Waals surface area contributed by atoms with Crippen LogP contribution in [0, 0.1) is 5.92 Å². The monoisotopic (exact) mass is 554 g/mol. The van der Waals surface area contributed by atoms with Crippen LogP contribution < -0.4 is 10.4 Å². The lowest BCUT2D eigenvalue weighted by Crippen LogP contribution is -2.66. The highest BCUT2D eigenvalue weighted by molar-refractivity contribution is 8.19. The predicted molar refractivity (Wildman–Crippen MR) is 167 cm³/mol. The van der Waals surface area contributed by atoms with E-state index in [1.54, 1.807) is 0 Å². The van der Waals surface area contributed by atoms with Crippen LogP contribution in [0.2, 0.25) is 5.04 Å². The minimum atomic E-state index is -2.50. The van der Waals surface area contributed by atoms with Crippen molar-refractivity contribution >= 4 is 42.2 Å². The molecule has 0 saturated carbocycles. The zero-order valence-corrected chi connectivity index (χ0v) is 26.1. The molecule has 2 nitrogen and oxygen atoms in total. The van der Waals surface area contributed by atoms with Gasteiger partial charge in [-0.2, -0.15) is 0 Å². The van der Waals surface area contributed by atoms with E-state index in [1.165, 1.54) is 41.1 Å². The first-order valence-electron chi connectivity index (χ1n) is 14.1. The van der Waals surface area contributed by atoms with Crippen molar-refractivity contribution in [3.8, 4) is 0 Å². The molecule has 37 heavy (non-hydrogen) atoms. The van der Waals surface area contributed by atoms with Gasteiger partial charge in [0.25, 0.3) is 8.32 Å². The van der Waals surface area contributed by atoms with Crippen molar-refractivity contribution in [2.75, 3.05) is 18.1 Å². The average molecular weight is 555 g/mol. The quantitative estimate of drug-likeness (QED) is 0.234. The van der Waals surface area contributed by atoms with Gasteiger partial charge in [-0.3, -0.25) is 0 Å². The molecule has 3 atom stereocenters. The summed E-state index contributed by atoms with van der Waals surface area (Å²) in [5, 5.41) is 2.71. The van der Waals surface area contributed by atoms with Gasteiger partial charge in [-0.05, 0) is 65.4 Å². The number of rotatable bonds is 9.